The summed E-state index contributed by atoms with van der Waals surface area (Å²) in [5.41, 5.74) is -0.306. The van der Waals surface area contributed by atoms with Gasteiger partial charge in [0.15, 0.2) is 5.78 Å². The van der Waals surface area contributed by atoms with Crippen molar-refractivity contribution in [3.05, 3.63) is 17.7 Å². The Morgan fingerprint density at radius 3 is 1.84 bits per heavy atom. The average molecular weight is 267 g/mol. The molecule has 0 aromatic heterocycles. The number of methoxy groups -OCH3 is 3. The molecule has 0 aliphatic rings. The highest BCUT2D eigenvalue weighted by molar-refractivity contribution is 6.07. The van der Waals surface area contributed by atoms with E-state index in [4.69, 9.17) is 14.2 Å². The summed E-state index contributed by atoms with van der Waals surface area (Å²) < 4.78 is 15.7. The Bertz CT molecular complexity index is 444. The lowest BCUT2D eigenvalue weighted by Crippen LogP contribution is -2.44. The molecule has 5 heteroatoms. The number of ketones is 1. The van der Waals surface area contributed by atoms with Crippen LogP contribution in [0.25, 0.3) is 0 Å². The van der Waals surface area contributed by atoms with Crippen molar-refractivity contribution in [2.75, 3.05) is 28.4 Å². The summed E-state index contributed by atoms with van der Waals surface area (Å²) in [7, 11) is 6.31. The summed E-state index contributed by atoms with van der Waals surface area (Å²) in [6.45, 7) is 3.61. The number of ether oxygens (including phenoxy) is 3. The molecule has 0 aliphatic carbocycles. The zero-order chi connectivity index (χ0) is 14.6. The van der Waals surface area contributed by atoms with E-state index in [1.54, 1.807) is 40.1 Å². The number of rotatable bonds is 6. The molecular weight excluding hydrogens is 246 g/mol. The minimum atomic E-state index is -0.713. The predicted molar refractivity (Wildman–Crippen MR) is 73.6 cm³/mol. The van der Waals surface area contributed by atoms with Gasteiger partial charge in [-0.3, -0.25) is 4.79 Å². The third-order valence-electron chi connectivity index (χ3n) is 3.13. The number of carbonyl (C=O) groups is 1. The molecule has 0 saturated carbocycles. The van der Waals surface area contributed by atoms with Gasteiger partial charge in [0.2, 0.25) is 0 Å². The van der Waals surface area contributed by atoms with Crippen LogP contribution >= 0.6 is 0 Å². The lowest BCUT2D eigenvalue weighted by Gasteiger charge is -2.24. The van der Waals surface area contributed by atoms with Gasteiger partial charge in [-0.05, 0) is 20.9 Å². The van der Waals surface area contributed by atoms with Crippen molar-refractivity contribution in [1.82, 2.24) is 5.32 Å². The number of benzene rings is 1. The maximum absolute atomic E-state index is 12.6. The molecule has 0 aliphatic heterocycles. The molecule has 0 atom stereocenters. The summed E-state index contributed by atoms with van der Waals surface area (Å²) in [6.07, 6.45) is 0. The lowest BCUT2D eigenvalue weighted by atomic mass is 9.92. The molecule has 1 aromatic carbocycles. The first-order chi connectivity index (χ1) is 8.91. The number of nitrogens with one attached hydrogen (secondary N) is 1. The van der Waals surface area contributed by atoms with Crippen molar-refractivity contribution in [2.45, 2.75) is 19.4 Å². The van der Waals surface area contributed by atoms with Crippen LogP contribution < -0.4 is 19.5 Å². The Morgan fingerprint density at radius 1 is 1.05 bits per heavy atom. The molecule has 0 heterocycles. The van der Waals surface area contributed by atoms with Crippen molar-refractivity contribution in [2.24, 2.45) is 0 Å². The standard InChI is InChI=1S/C14H21NO4/c1-14(2,15-3)13(16)12-10(18-5)7-9(17-4)8-11(12)19-6/h7-8,15H,1-6H3. The first-order valence-corrected chi connectivity index (χ1v) is 5.95. The van der Waals surface area contributed by atoms with Gasteiger partial charge in [-0.25, -0.2) is 0 Å². The van der Waals surface area contributed by atoms with Crippen molar-refractivity contribution >= 4 is 5.78 Å². The monoisotopic (exact) mass is 267 g/mol. The second kappa shape index (κ2) is 5.93. The Hall–Kier alpha value is -1.75. The van der Waals surface area contributed by atoms with E-state index >= 15 is 0 Å². The van der Waals surface area contributed by atoms with Gasteiger partial charge in [0.1, 0.15) is 22.8 Å². The van der Waals surface area contributed by atoms with E-state index < -0.39 is 5.54 Å². The number of carbonyl (C=O) groups excluding carboxylic acids is 1. The maximum atomic E-state index is 12.6. The zero-order valence-corrected chi connectivity index (χ0v) is 12.3. The zero-order valence-electron chi connectivity index (χ0n) is 12.3. The molecule has 0 saturated heterocycles. The van der Waals surface area contributed by atoms with Crippen LogP contribution in [0, 0.1) is 0 Å². The van der Waals surface area contributed by atoms with Crippen molar-refractivity contribution in [3.8, 4) is 17.2 Å². The molecule has 0 bridgehead atoms. The topological polar surface area (TPSA) is 56.8 Å². The molecule has 1 aromatic rings. The molecule has 1 N–H and O–H groups in total. The van der Waals surface area contributed by atoms with Crippen LogP contribution in [-0.4, -0.2) is 39.7 Å². The van der Waals surface area contributed by atoms with Crippen LogP contribution in [0.4, 0.5) is 0 Å². The highest BCUT2D eigenvalue weighted by atomic mass is 16.5. The van der Waals surface area contributed by atoms with Crippen LogP contribution in [-0.2, 0) is 0 Å². The fourth-order valence-electron chi connectivity index (χ4n) is 1.66. The average Bonchev–Trinajstić information content (AvgIpc) is 2.44. The van der Waals surface area contributed by atoms with Crippen molar-refractivity contribution in [3.63, 3.8) is 0 Å². The molecular formula is C14H21NO4. The Morgan fingerprint density at radius 2 is 1.53 bits per heavy atom. The fraction of sp³-hybridized carbons (Fsp3) is 0.500. The molecule has 106 valence electrons. The SMILES string of the molecule is CNC(C)(C)C(=O)c1c(OC)cc(OC)cc1OC. The van der Waals surface area contributed by atoms with Crippen molar-refractivity contribution in [1.29, 1.82) is 0 Å². The number of hydrogen-bond acceptors (Lipinski definition) is 5. The number of Topliss-reactive ketones (excluding diaryl/α,β-unsaturated/α-hetero) is 1. The van der Waals surface area contributed by atoms with Gasteiger partial charge < -0.3 is 19.5 Å². The van der Waals surface area contributed by atoms with E-state index in [2.05, 4.69) is 5.32 Å². The van der Waals surface area contributed by atoms with Crippen LogP contribution in [0.3, 0.4) is 0 Å². The van der Waals surface area contributed by atoms with Crippen LogP contribution in [0.15, 0.2) is 12.1 Å². The van der Waals surface area contributed by atoms with E-state index in [9.17, 15) is 4.79 Å². The van der Waals surface area contributed by atoms with Gasteiger partial charge in [-0.1, -0.05) is 0 Å². The second-order valence-electron chi connectivity index (χ2n) is 4.61. The summed E-state index contributed by atoms with van der Waals surface area (Å²) in [5.74, 6) is 1.34. The molecule has 19 heavy (non-hydrogen) atoms. The van der Waals surface area contributed by atoms with E-state index in [1.807, 2.05) is 0 Å². The van der Waals surface area contributed by atoms with E-state index in [-0.39, 0.29) is 5.78 Å². The Labute approximate surface area is 113 Å². The molecule has 0 radical (unpaired) electrons. The summed E-state index contributed by atoms with van der Waals surface area (Å²) in [4.78, 5) is 12.6. The molecule has 5 nitrogen and oxygen atoms in total. The maximum Gasteiger partial charge on any atom is 0.189 e. The summed E-state index contributed by atoms with van der Waals surface area (Å²) >= 11 is 0. The number of hydrogen-bond donors (Lipinski definition) is 1. The van der Waals surface area contributed by atoms with Gasteiger partial charge >= 0.3 is 0 Å². The van der Waals surface area contributed by atoms with Gasteiger partial charge in [-0.2, -0.15) is 0 Å². The predicted octanol–water partition coefficient (Wildman–Crippen LogP) is 1.89. The Kier molecular flexibility index (Phi) is 4.78. The highest BCUT2D eigenvalue weighted by Crippen LogP contribution is 2.36. The summed E-state index contributed by atoms with van der Waals surface area (Å²) in [5, 5.41) is 2.98. The van der Waals surface area contributed by atoms with Gasteiger partial charge in [0.25, 0.3) is 0 Å². The summed E-state index contributed by atoms with van der Waals surface area (Å²) in [6, 6.07) is 3.34. The van der Waals surface area contributed by atoms with Gasteiger partial charge in [-0.15, -0.1) is 0 Å². The van der Waals surface area contributed by atoms with Crippen molar-refractivity contribution < 1.29 is 19.0 Å². The van der Waals surface area contributed by atoms with Crippen LogP contribution in [0.2, 0.25) is 0 Å². The first-order valence-electron chi connectivity index (χ1n) is 5.95. The van der Waals surface area contributed by atoms with E-state index in [0.717, 1.165) is 0 Å². The molecule has 0 unspecified atom stereocenters. The molecule has 0 spiro atoms. The minimum absolute atomic E-state index is 0.105. The molecule has 0 amide bonds. The van der Waals surface area contributed by atoms with Gasteiger partial charge in [0, 0.05) is 12.1 Å². The van der Waals surface area contributed by atoms with E-state index in [1.165, 1.54) is 14.2 Å². The smallest absolute Gasteiger partial charge is 0.189 e. The highest BCUT2D eigenvalue weighted by Gasteiger charge is 2.32. The van der Waals surface area contributed by atoms with Crippen LogP contribution in [0.5, 0.6) is 17.2 Å². The van der Waals surface area contributed by atoms with Crippen LogP contribution in [0.1, 0.15) is 24.2 Å². The first kappa shape index (κ1) is 15.3. The molecule has 0 fully saturated rings. The van der Waals surface area contributed by atoms with E-state index in [0.29, 0.717) is 22.8 Å². The normalized spacial score (nSPS) is 11.1. The largest absolute Gasteiger partial charge is 0.496 e. The quantitative estimate of drug-likeness (QED) is 0.798. The van der Waals surface area contributed by atoms with Gasteiger partial charge in [0.05, 0.1) is 26.9 Å². The number of likely N-dealkylation sites (N-methyl/N-ethyl adjacent to an activating group) is 1. The second-order valence-corrected chi connectivity index (χ2v) is 4.61. The fourth-order valence-corrected chi connectivity index (χ4v) is 1.66. The third kappa shape index (κ3) is 2.98. The Balaban J connectivity index is 3.44. The minimum Gasteiger partial charge on any atom is -0.496 e. The third-order valence-corrected chi connectivity index (χ3v) is 3.13. The lowest BCUT2D eigenvalue weighted by molar-refractivity contribution is 0.0883. The molecule has 1 rings (SSSR count).